The van der Waals surface area contributed by atoms with Crippen molar-refractivity contribution in [3.63, 3.8) is 0 Å². The van der Waals surface area contributed by atoms with Gasteiger partial charge in [0.1, 0.15) is 0 Å². The minimum Gasteiger partial charge on any atom is -0.298 e. The molecule has 2 saturated heterocycles. The van der Waals surface area contributed by atoms with E-state index in [9.17, 15) is 0 Å². The molecule has 0 radical (unpaired) electrons. The van der Waals surface area contributed by atoms with Crippen LogP contribution in [0.5, 0.6) is 0 Å². The van der Waals surface area contributed by atoms with Gasteiger partial charge in [0.25, 0.3) is 0 Å². The van der Waals surface area contributed by atoms with Gasteiger partial charge in [-0.3, -0.25) is 9.80 Å². The molecule has 2 aliphatic rings. The fraction of sp³-hybridized carbons (Fsp3) is 0.800. The summed E-state index contributed by atoms with van der Waals surface area (Å²) in [4.78, 5) is 5.02. The van der Waals surface area contributed by atoms with Crippen LogP contribution in [-0.4, -0.2) is 48.6 Å². The van der Waals surface area contributed by atoms with Crippen molar-refractivity contribution < 1.29 is 0 Å². The molecule has 0 aliphatic carbocycles. The number of hydrogen-bond acceptors (Lipinski definition) is 2. The summed E-state index contributed by atoms with van der Waals surface area (Å²) < 4.78 is 0. The van der Waals surface area contributed by atoms with E-state index in [2.05, 4.69) is 16.4 Å². The lowest BCUT2D eigenvalue weighted by atomic mass is 10.1. The van der Waals surface area contributed by atoms with Crippen molar-refractivity contribution in [3.8, 4) is 0 Å². The van der Waals surface area contributed by atoms with Gasteiger partial charge in [-0.25, -0.2) is 0 Å². The lowest BCUT2D eigenvalue weighted by Crippen LogP contribution is -2.50. The molecule has 0 N–H and O–H groups in total. The first-order valence-corrected chi connectivity index (χ1v) is 5.43. The van der Waals surface area contributed by atoms with Crippen LogP contribution in [0.2, 0.25) is 0 Å². The summed E-state index contributed by atoms with van der Waals surface area (Å²) in [7, 11) is 0. The molecule has 2 aliphatic heterocycles. The summed E-state index contributed by atoms with van der Waals surface area (Å²) in [5, 5.41) is 0.770. The second-order valence-electron chi connectivity index (χ2n) is 4.08. The molecule has 2 fully saturated rings. The van der Waals surface area contributed by atoms with Gasteiger partial charge in [0, 0.05) is 37.3 Å². The molecule has 2 rings (SSSR count). The highest BCUT2D eigenvalue weighted by atomic mass is 35.5. The molecule has 74 valence electrons. The van der Waals surface area contributed by atoms with Crippen LogP contribution in [0.1, 0.15) is 12.8 Å². The minimum atomic E-state index is 0.770. The van der Waals surface area contributed by atoms with E-state index >= 15 is 0 Å². The molecule has 2 nitrogen and oxygen atoms in total. The van der Waals surface area contributed by atoms with Gasteiger partial charge in [-0.15, -0.1) is 0 Å². The van der Waals surface area contributed by atoms with Crippen molar-refractivity contribution >= 4 is 11.6 Å². The smallest absolute Gasteiger partial charge is 0.0336 e. The zero-order valence-electron chi connectivity index (χ0n) is 8.01. The Morgan fingerprint density at radius 1 is 1.38 bits per heavy atom. The fourth-order valence-corrected chi connectivity index (χ4v) is 2.61. The van der Waals surface area contributed by atoms with Gasteiger partial charge in [0.05, 0.1) is 0 Å². The zero-order chi connectivity index (χ0) is 9.26. The van der Waals surface area contributed by atoms with Crippen molar-refractivity contribution in [2.24, 2.45) is 0 Å². The van der Waals surface area contributed by atoms with Crippen LogP contribution in [0.3, 0.4) is 0 Å². The summed E-state index contributed by atoms with van der Waals surface area (Å²) in [5.74, 6) is 0. The standard InChI is InChI=1S/C10H17ClN2/c1-9(11)7-12-5-6-13-4-2-3-10(13)8-12/h10H,1-8H2. The molecule has 0 amide bonds. The average molecular weight is 201 g/mol. The maximum absolute atomic E-state index is 5.80. The maximum atomic E-state index is 5.80. The molecule has 0 aromatic heterocycles. The van der Waals surface area contributed by atoms with Crippen molar-refractivity contribution in [1.82, 2.24) is 9.80 Å². The highest BCUT2D eigenvalue weighted by Gasteiger charge is 2.30. The number of halogens is 1. The van der Waals surface area contributed by atoms with Crippen LogP contribution < -0.4 is 0 Å². The normalized spacial score (nSPS) is 30.4. The predicted molar refractivity (Wildman–Crippen MR) is 56.0 cm³/mol. The Labute approximate surface area is 85.1 Å². The van der Waals surface area contributed by atoms with E-state index < -0.39 is 0 Å². The Hall–Kier alpha value is -0.0500. The highest BCUT2D eigenvalue weighted by Crippen LogP contribution is 2.21. The first kappa shape index (κ1) is 9.50. The lowest BCUT2D eigenvalue weighted by Gasteiger charge is -2.37. The van der Waals surface area contributed by atoms with E-state index in [1.807, 2.05) is 0 Å². The molecular weight excluding hydrogens is 184 g/mol. The Morgan fingerprint density at radius 3 is 3.00 bits per heavy atom. The number of hydrogen-bond donors (Lipinski definition) is 0. The second-order valence-corrected chi connectivity index (χ2v) is 4.62. The Balaban J connectivity index is 1.86. The van der Waals surface area contributed by atoms with E-state index in [4.69, 9.17) is 11.6 Å². The van der Waals surface area contributed by atoms with Crippen molar-refractivity contribution in [3.05, 3.63) is 11.6 Å². The van der Waals surface area contributed by atoms with Gasteiger partial charge in [0.15, 0.2) is 0 Å². The second kappa shape index (κ2) is 3.99. The Bertz CT molecular complexity index is 205. The van der Waals surface area contributed by atoms with Crippen LogP contribution in [0.25, 0.3) is 0 Å². The zero-order valence-corrected chi connectivity index (χ0v) is 8.76. The fourth-order valence-electron chi connectivity index (χ4n) is 2.44. The van der Waals surface area contributed by atoms with Gasteiger partial charge in [-0.1, -0.05) is 18.2 Å². The first-order valence-electron chi connectivity index (χ1n) is 5.05. The van der Waals surface area contributed by atoms with Crippen LogP contribution in [-0.2, 0) is 0 Å². The Morgan fingerprint density at radius 2 is 2.23 bits per heavy atom. The Kier molecular flexibility index (Phi) is 2.92. The van der Waals surface area contributed by atoms with Crippen molar-refractivity contribution in [2.45, 2.75) is 18.9 Å². The molecule has 1 unspecified atom stereocenters. The number of piperazine rings is 1. The first-order chi connectivity index (χ1) is 6.25. The molecule has 0 spiro atoms. The predicted octanol–water partition coefficient (Wildman–Crippen LogP) is 1.52. The van der Waals surface area contributed by atoms with Crippen molar-refractivity contribution in [1.29, 1.82) is 0 Å². The molecule has 2 heterocycles. The summed E-state index contributed by atoms with van der Waals surface area (Å²) in [6, 6.07) is 0.796. The van der Waals surface area contributed by atoms with Crippen LogP contribution in [0, 0.1) is 0 Å². The van der Waals surface area contributed by atoms with E-state index in [1.54, 1.807) is 0 Å². The monoisotopic (exact) mass is 200 g/mol. The van der Waals surface area contributed by atoms with Crippen LogP contribution in [0.4, 0.5) is 0 Å². The summed E-state index contributed by atoms with van der Waals surface area (Å²) in [5.41, 5.74) is 0. The number of nitrogens with zero attached hydrogens (tertiary/aromatic N) is 2. The number of fused-ring (bicyclic) bond motifs is 1. The minimum absolute atomic E-state index is 0.770. The summed E-state index contributed by atoms with van der Waals surface area (Å²) in [6.07, 6.45) is 2.74. The molecule has 0 saturated carbocycles. The molecule has 0 aromatic rings. The third-order valence-corrected chi connectivity index (χ3v) is 3.19. The molecule has 13 heavy (non-hydrogen) atoms. The molecular formula is C10H17ClN2. The molecule has 3 heteroatoms. The highest BCUT2D eigenvalue weighted by molar-refractivity contribution is 6.29. The van der Waals surface area contributed by atoms with E-state index in [-0.39, 0.29) is 0 Å². The van der Waals surface area contributed by atoms with Gasteiger partial charge in [-0.05, 0) is 19.4 Å². The van der Waals surface area contributed by atoms with Gasteiger partial charge >= 0.3 is 0 Å². The molecule has 0 bridgehead atoms. The third kappa shape index (κ3) is 2.25. The van der Waals surface area contributed by atoms with Gasteiger partial charge < -0.3 is 0 Å². The SMILES string of the molecule is C=C(Cl)CN1CCN2CCCC2C1. The molecule has 0 aromatic carbocycles. The number of rotatable bonds is 2. The average Bonchev–Trinajstić information content (AvgIpc) is 2.49. The van der Waals surface area contributed by atoms with Crippen LogP contribution >= 0.6 is 11.6 Å². The van der Waals surface area contributed by atoms with Crippen molar-refractivity contribution in [2.75, 3.05) is 32.7 Å². The third-order valence-electron chi connectivity index (χ3n) is 3.07. The summed E-state index contributed by atoms with van der Waals surface area (Å²) >= 11 is 5.80. The largest absolute Gasteiger partial charge is 0.298 e. The maximum Gasteiger partial charge on any atom is 0.0336 e. The topological polar surface area (TPSA) is 6.48 Å². The van der Waals surface area contributed by atoms with Crippen LogP contribution in [0.15, 0.2) is 11.6 Å². The van der Waals surface area contributed by atoms with E-state index in [1.165, 1.54) is 32.5 Å². The van der Waals surface area contributed by atoms with E-state index in [0.29, 0.717) is 0 Å². The molecule has 1 atom stereocenters. The van der Waals surface area contributed by atoms with Gasteiger partial charge in [0.2, 0.25) is 0 Å². The van der Waals surface area contributed by atoms with E-state index in [0.717, 1.165) is 24.2 Å². The summed E-state index contributed by atoms with van der Waals surface area (Å²) in [6.45, 7) is 9.48. The quantitative estimate of drug-likeness (QED) is 0.667. The lowest BCUT2D eigenvalue weighted by molar-refractivity contribution is 0.113. The van der Waals surface area contributed by atoms with Gasteiger partial charge in [-0.2, -0.15) is 0 Å².